The van der Waals surface area contributed by atoms with Crippen LogP contribution in [0.3, 0.4) is 0 Å². The molecule has 4 rings (SSSR count). The zero-order valence-electron chi connectivity index (χ0n) is 16.0. The molecule has 1 saturated carbocycles. The Labute approximate surface area is 162 Å². The summed E-state index contributed by atoms with van der Waals surface area (Å²) in [5, 5.41) is 0. The number of carbonyl (C=O) groups is 1. The number of benzene rings is 1. The summed E-state index contributed by atoms with van der Waals surface area (Å²) in [5.41, 5.74) is 1.24. The molecular formula is C20H29N3O3S. The molecule has 0 spiro atoms. The third kappa shape index (κ3) is 3.91. The van der Waals surface area contributed by atoms with Crippen LogP contribution in [0, 0.1) is 0 Å². The van der Waals surface area contributed by atoms with Gasteiger partial charge in [0.1, 0.15) is 0 Å². The molecule has 6 nitrogen and oxygen atoms in total. The third-order valence-corrected chi connectivity index (χ3v) is 8.08. The quantitative estimate of drug-likeness (QED) is 0.769. The number of sulfonamides is 1. The fraction of sp³-hybridized carbons (Fsp3) is 0.650. The van der Waals surface area contributed by atoms with Gasteiger partial charge in [-0.15, -0.1) is 0 Å². The Kier molecular flexibility index (Phi) is 5.27. The number of rotatable bonds is 5. The molecule has 3 fully saturated rings. The summed E-state index contributed by atoms with van der Waals surface area (Å²) in [6.07, 6.45) is 4.60. The predicted molar refractivity (Wildman–Crippen MR) is 104 cm³/mol. The molecule has 1 amide bonds. The van der Waals surface area contributed by atoms with Crippen molar-refractivity contribution >= 4 is 15.9 Å². The standard InChI is InChI=1S/C20H29N3O3S/c1-16(20(24)22-10-2-3-11-22)21-12-14-23(15-13-21)27(25,26)19-8-6-18(7-9-19)17-4-5-17/h6-9,16-17H,2-5,10-15H2,1H3. The van der Waals surface area contributed by atoms with E-state index in [0.717, 1.165) is 25.9 Å². The Balaban J connectivity index is 1.36. The molecule has 7 heteroatoms. The van der Waals surface area contributed by atoms with Crippen molar-refractivity contribution in [2.24, 2.45) is 0 Å². The van der Waals surface area contributed by atoms with Gasteiger partial charge in [0.2, 0.25) is 15.9 Å². The van der Waals surface area contributed by atoms with Crippen LogP contribution in [0.25, 0.3) is 0 Å². The molecule has 2 saturated heterocycles. The van der Waals surface area contributed by atoms with Crippen LogP contribution in [0.2, 0.25) is 0 Å². The monoisotopic (exact) mass is 391 g/mol. The smallest absolute Gasteiger partial charge is 0.243 e. The van der Waals surface area contributed by atoms with Crippen LogP contribution in [0.4, 0.5) is 0 Å². The minimum absolute atomic E-state index is 0.175. The van der Waals surface area contributed by atoms with E-state index >= 15 is 0 Å². The molecule has 1 aromatic rings. The van der Waals surface area contributed by atoms with Gasteiger partial charge in [-0.1, -0.05) is 12.1 Å². The van der Waals surface area contributed by atoms with Crippen molar-refractivity contribution in [2.45, 2.75) is 49.5 Å². The first-order chi connectivity index (χ1) is 13.0. The lowest BCUT2D eigenvalue weighted by molar-refractivity contribution is -0.135. The highest BCUT2D eigenvalue weighted by atomic mass is 32.2. The lowest BCUT2D eigenvalue weighted by Gasteiger charge is -2.37. The number of hydrogen-bond acceptors (Lipinski definition) is 4. The molecule has 0 radical (unpaired) electrons. The normalized spacial score (nSPS) is 23.5. The molecule has 1 unspecified atom stereocenters. The van der Waals surface area contributed by atoms with E-state index in [1.165, 1.54) is 18.4 Å². The molecule has 0 bridgehead atoms. The van der Waals surface area contributed by atoms with Gasteiger partial charge >= 0.3 is 0 Å². The Morgan fingerprint density at radius 2 is 1.56 bits per heavy atom. The van der Waals surface area contributed by atoms with E-state index in [4.69, 9.17) is 0 Å². The maximum atomic E-state index is 12.9. The van der Waals surface area contributed by atoms with Crippen LogP contribution in [0.1, 0.15) is 44.1 Å². The van der Waals surface area contributed by atoms with Gasteiger partial charge in [0.25, 0.3) is 0 Å². The van der Waals surface area contributed by atoms with E-state index < -0.39 is 10.0 Å². The van der Waals surface area contributed by atoms with Crippen molar-refractivity contribution in [1.82, 2.24) is 14.1 Å². The first-order valence-electron chi connectivity index (χ1n) is 10.1. The lowest BCUT2D eigenvalue weighted by atomic mass is 10.1. The number of piperazine rings is 1. The largest absolute Gasteiger partial charge is 0.341 e. The fourth-order valence-electron chi connectivity index (χ4n) is 4.17. The molecule has 2 aliphatic heterocycles. The Hall–Kier alpha value is -1.44. The predicted octanol–water partition coefficient (Wildman–Crippen LogP) is 1.88. The number of hydrogen-bond donors (Lipinski definition) is 0. The van der Waals surface area contributed by atoms with E-state index in [9.17, 15) is 13.2 Å². The van der Waals surface area contributed by atoms with Crippen LogP contribution in [-0.4, -0.2) is 73.7 Å². The number of amides is 1. The highest BCUT2D eigenvalue weighted by molar-refractivity contribution is 7.89. The molecule has 3 aliphatic rings. The van der Waals surface area contributed by atoms with Crippen molar-refractivity contribution < 1.29 is 13.2 Å². The summed E-state index contributed by atoms with van der Waals surface area (Å²) in [7, 11) is -3.46. The minimum atomic E-state index is -3.46. The van der Waals surface area contributed by atoms with Crippen molar-refractivity contribution in [1.29, 1.82) is 0 Å². The average Bonchev–Trinajstić information content (AvgIpc) is 3.41. The molecule has 148 valence electrons. The van der Waals surface area contributed by atoms with Gasteiger partial charge < -0.3 is 4.90 Å². The van der Waals surface area contributed by atoms with E-state index in [1.54, 1.807) is 16.4 Å². The molecular weight excluding hydrogens is 362 g/mol. The van der Waals surface area contributed by atoms with Crippen LogP contribution < -0.4 is 0 Å². The van der Waals surface area contributed by atoms with E-state index in [2.05, 4.69) is 4.90 Å². The SMILES string of the molecule is CC(C(=O)N1CCCC1)N1CCN(S(=O)(=O)c2ccc(C3CC3)cc2)CC1. The Morgan fingerprint density at radius 1 is 0.963 bits per heavy atom. The fourth-order valence-corrected chi connectivity index (χ4v) is 5.59. The minimum Gasteiger partial charge on any atom is -0.341 e. The summed E-state index contributed by atoms with van der Waals surface area (Å²) >= 11 is 0. The summed E-state index contributed by atoms with van der Waals surface area (Å²) < 4.78 is 27.4. The first kappa shape index (κ1) is 18.9. The Bertz CT molecular complexity index is 775. The molecule has 27 heavy (non-hydrogen) atoms. The van der Waals surface area contributed by atoms with E-state index in [0.29, 0.717) is 37.0 Å². The van der Waals surface area contributed by atoms with Gasteiger partial charge in [0.05, 0.1) is 10.9 Å². The number of likely N-dealkylation sites (tertiary alicyclic amines) is 1. The summed E-state index contributed by atoms with van der Waals surface area (Å²) in [5.74, 6) is 0.805. The van der Waals surface area contributed by atoms with Gasteiger partial charge in [-0.3, -0.25) is 9.69 Å². The second kappa shape index (κ2) is 7.53. The molecule has 0 aromatic heterocycles. The maximum Gasteiger partial charge on any atom is 0.243 e. The highest BCUT2D eigenvalue weighted by Crippen LogP contribution is 2.40. The number of carbonyl (C=O) groups excluding carboxylic acids is 1. The molecule has 1 aromatic carbocycles. The zero-order chi connectivity index (χ0) is 19.0. The second-order valence-electron chi connectivity index (χ2n) is 7.99. The van der Waals surface area contributed by atoms with Crippen LogP contribution in [-0.2, 0) is 14.8 Å². The third-order valence-electron chi connectivity index (χ3n) is 6.16. The van der Waals surface area contributed by atoms with Crippen LogP contribution in [0.15, 0.2) is 29.2 Å². The van der Waals surface area contributed by atoms with Gasteiger partial charge in [-0.05, 0) is 56.2 Å². The van der Waals surface area contributed by atoms with Gasteiger partial charge in [0, 0.05) is 39.3 Å². The molecule has 0 N–H and O–H groups in total. The molecule has 2 heterocycles. The number of nitrogens with zero attached hydrogens (tertiary/aromatic N) is 3. The first-order valence-corrected chi connectivity index (χ1v) is 11.5. The molecule has 1 aliphatic carbocycles. The van der Waals surface area contributed by atoms with Crippen molar-refractivity contribution in [2.75, 3.05) is 39.3 Å². The van der Waals surface area contributed by atoms with Gasteiger partial charge in [-0.2, -0.15) is 4.31 Å². The maximum absolute atomic E-state index is 12.9. The van der Waals surface area contributed by atoms with E-state index in [1.807, 2.05) is 24.0 Å². The molecule has 1 atom stereocenters. The van der Waals surface area contributed by atoms with Gasteiger partial charge in [0.15, 0.2) is 0 Å². The van der Waals surface area contributed by atoms with E-state index in [-0.39, 0.29) is 11.9 Å². The Morgan fingerprint density at radius 3 is 2.11 bits per heavy atom. The topological polar surface area (TPSA) is 60.9 Å². The van der Waals surface area contributed by atoms with Crippen molar-refractivity contribution in [3.63, 3.8) is 0 Å². The lowest BCUT2D eigenvalue weighted by Crippen LogP contribution is -2.55. The average molecular weight is 392 g/mol. The second-order valence-corrected chi connectivity index (χ2v) is 9.93. The summed E-state index contributed by atoms with van der Waals surface area (Å²) in [6.45, 7) is 5.72. The summed E-state index contributed by atoms with van der Waals surface area (Å²) in [6, 6.07) is 7.23. The highest BCUT2D eigenvalue weighted by Gasteiger charge is 2.34. The van der Waals surface area contributed by atoms with Crippen LogP contribution >= 0.6 is 0 Å². The zero-order valence-corrected chi connectivity index (χ0v) is 16.8. The van der Waals surface area contributed by atoms with Crippen LogP contribution in [0.5, 0.6) is 0 Å². The summed E-state index contributed by atoms with van der Waals surface area (Å²) in [4.78, 5) is 17.0. The van der Waals surface area contributed by atoms with Crippen molar-refractivity contribution in [3.8, 4) is 0 Å². The van der Waals surface area contributed by atoms with Gasteiger partial charge in [-0.25, -0.2) is 8.42 Å². The van der Waals surface area contributed by atoms with Crippen molar-refractivity contribution in [3.05, 3.63) is 29.8 Å².